The number of anilines is 1. The van der Waals surface area contributed by atoms with Crippen LogP contribution in [0.5, 0.6) is 11.9 Å². The molecule has 224 valence electrons. The van der Waals surface area contributed by atoms with Crippen LogP contribution in [0.25, 0.3) is 37.0 Å². The SMILES string of the molecule is [C-]#[N+]c1c(N)sc2c(F)ccc(-c3c(Cl)cc4c(OC5CNC(C)C5)nc(OCC56CCCN5CC(F)C6)nc4c3F)c12. The van der Waals surface area contributed by atoms with E-state index in [-0.39, 0.29) is 78.5 Å². The van der Waals surface area contributed by atoms with Crippen LogP contribution >= 0.6 is 22.9 Å². The Balaban J connectivity index is 1.37. The molecule has 0 spiro atoms. The van der Waals surface area contributed by atoms with Gasteiger partial charge in [-0.2, -0.15) is 9.97 Å². The van der Waals surface area contributed by atoms with Gasteiger partial charge in [0.1, 0.15) is 30.2 Å². The number of aromatic nitrogens is 2. The zero-order chi connectivity index (χ0) is 30.0. The van der Waals surface area contributed by atoms with Gasteiger partial charge < -0.3 is 20.5 Å². The quantitative estimate of drug-likeness (QED) is 0.231. The molecule has 4 unspecified atom stereocenters. The molecule has 43 heavy (non-hydrogen) atoms. The molecular weight excluding hydrogens is 601 g/mol. The molecule has 5 heterocycles. The Morgan fingerprint density at radius 2 is 2.16 bits per heavy atom. The molecule has 13 heteroatoms. The van der Waals surface area contributed by atoms with Crippen molar-refractivity contribution >= 4 is 54.6 Å². The van der Waals surface area contributed by atoms with Crippen LogP contribution in [-0.4, -0.2) is 65.0 Å². The Hall–Kier alpha value is -3.37. The van der Waals surface area contributed by atoms with E-state index in [2.05, 4.69) is 25.0 Å². The summed E-state index contributed by atoms with van der Waals surface area (Å²) in [7, 11) is 0. The van der Waals surface area contributed by atoms with E-state index in [1.165, 1.54) is 18.2 Å². The number of nitrogens with two attached hydrogens (primary N) is 1. The van der Waals surface area contributed by atoms with E-state index in [0.29, 0.717) is 19.5 Å². The number of nitrogens with one attached hydrogen (secondary N) is 1. The minimum atomic E-state index is -0.932. The fourth-order valence-electron chi connectivity index (χ4n) is 6.83. The summed E-state index contributed by atoms with van der Waals surface area (Å²) in [6.45, 7) is 11.6. The van der Waals surface area contributed by atoms with Crippen molar-refractivity contribution < 1.29 is 22.6 Å². The van der Waals surface area contributed by atoms with Gasteiger partial charge in [0.15, 0.2) is 5.82 Å². The maximum absolute atomic E-state index is 16.7. The summed E-state index contributed by atoms with van der Waals surface area (Å²) in [4.78, 5) is 14.6. The number of thiophene rings is 1. The molecule has 8 nitrogen and oxygen atoms in total. The summed E-state index contributed by atoms with van der Waals surface area (Å²) in [6, 6.07) is 4.25. The van der Waals surface area contributed by atoms with Crippen molar-refractivity contribution in [3.8, 4) is 23.0 Å². The number of nitrogens with zero attached hydrogens (tertiary/aromatic N) is 4. The van der Waals surface area contributed by atoms with Crippen LogP contribution in [0, 0.1) is 18.2 Å². The van der Waals surface area contributed by atoms with Crippen LogP contribution in [0.15, 0.2) is 18.2 Å². The number of rotatable bonds is 6. The minimum absolute atomic E-state index is 0.0130. The molecule has 0 radical (unpaired) electrons. The smallest absolute Gasteiger partial charge is 0.320 e. The zero-order valence-electron chi connectivity index (χ0n) is 23.2. The molecule has 4 atom stereocenters. The van der Waals surface area contributed by atoms with Gasteiger partial charge in [-0.25, -0.2) is 18.0 Å². The Bertz CT molecular complexity index is 1820. The fraction of sp³-hybridized carbons (Fsp3) is 0.433. The monoisotopic (exact) mass is 628 g/mol. The highest BCUT2D eigenvalue weighted by atomic mass is 35.5. The Morgan fingerprint density at radius 3 is 2.93 bits per heavy atom. The van der Waals surface area contributed by atoms with Crippen LogP contribution in [-0.2, 0) is 0 Å². The van der Waals surface area contributed by atoms with E-state index in [0.717, 1.165) is 37.1 Å². The lowest BCUT2D eigenvalue weighted by Crippen LogP contribution is -2.43. The van der Waals surface area contributed by atoms with Gasteiger partial charge in [-0.05, 0) is 44.0 Å². The second kappa shape index (κ2) is 10.7. The molecule has 0 saturated carbocycles. The van der Waals surface area contributed by atoms with Crippen molar-refractivity contribution in [2.75, 3.05) is 32.0 Å². The Labute approximate surface area is 254 Å². The van der Waals surface area contributed by atoms with Gasteiger partial charge in [-0.15, -0.1) is 11.3 Å². The van der Waals surface area contributed by atoms with Gasteiger partial charge in [-0.3, -0.25) is 4.90 Å². The predicted octanol–water partition coefficient (Wildman–Crippen LogP) is 6.66. The molecule has 3 fully saturated rings. The highest BCUT2D eigenvalue weighted by Crippen LogP contribution is 2.49. The number of benzene rings is 2. The van der Waals surface area contributed by atoms with Crippen molar-refractivity contribution in [1.82, 2.24) is 20.2 Å². The molecule has 0 amide bonds. The number of hydrogen-bond donors (Lipinski definition) is 2. The Morgan fingerprint density at radius 1 is 1.33 bits per heavy atom. The molecule has 0 bridgehead atoms. The first kappa shape index (κ1) is 28.4. The lowest BCUT2D eigenvalue weighted by atomic mass is 9.95. The average molecular weight is 629 g/mol. The number of alkyl halides is 1. The topological polar surface area (TPSA) is 89.9 Å². The zero-order valence-corrected chi connectivity index (χ0v) is 24.8. The molecule has 7 rings (SSSR count). The van der Waals surface area contributed by atoms with Crippen LogP contribution < -0.4 is 20.5 Å². The maximum Gasteiger partial charge on any atom is 0.320 e. The van der Waals surface area contributed by atoms with E-state index in [9.17, 15) is 8.78 Å². The van der Waals surface area contributed by atoms with E-state index in [1.54, 1.807) is 0 Å². The minimum Gasteiger partial charge on any atom is -0.472 e. The molecule has 2 aromatic heterocycles. The van der Waals surface area contributed by atoms with Gasteiger partial charge in [0, 0.05) is 42.9 Å². The molecule has 3 aliphatic heterocycles. The third-order valence-corrected chi connectivity index (χ3v) is 10.1. The van der Waals surface area contributed by atoms with E-state index in [4.69, 9.17) is 33.4 Å². The number of halogens is 4. The van der Waals surface area contributed by atoms with E-state index in [1.807, 2.05) is 6.92 Å². The highest BCUT2D eigenvalue weighted by molar-refractivity contribution is 7.23. The molecule has 0 aliphatic carbocycles. The van der Waals surface area contributed by atoms with E-state index < -0.39 is 23.3 Å². The third-order valence-electron chi connectivity index (χ3n) is 8.82. The molecule has 2 aromatic carbocycles. The first-order valence-electron chi connectivity index (χ1n) is 14.2. The van der Waals surface area contributed by atoms with Crippen molar-refractivity contribution in [3.05, 3.63) is 46.3 Å². The van der Waals surface area contributed by atoms with Crippen LogP contribution in [0.3, 0.4) is 0 Å². The molecule has 3 saturated heterocycles. The average Bonchev–Trinajstić information content (AvgIpc) is 3.71. The summed E-state index contributed by atoms with van der Waals surface area (Å²) in [5.41, 5.74) is 5.68. The maximum atomic E-state index is 16.7. The summed E-state index contributed by atoms with van der Waals surface area (Å²) in [5, 5.41) is 3.90. The van der Waals surface area contributed by atoms with Gasteiger partial charge in [-0.1, -0.05) is 17.7 Å². The van der Waals surface area contributed by atoms with Crippen LogP contribution in [0.2, 0.25) is 5.02 Å². The Kier molecular flexibility index (Phi) is 7.04. The molecular formula is C30H28ClF3N6O2S. The summed E-state index contributed by atoms with van der Waals surface area (Å²) in [6.07, 6.45) is 1.66. The number of ether oxygens (including phenoxy) is 2. The number of fused-ring (bicyclic) bond motifs is 3. The summed E-state index contributed by atoms with van der Waals surface area (Å²) >= 11 is 7.65. The van der Waals surface area contributed by atoms with Crippen LogP contribution in [0.4, 0.5) is 23.9 Å². The number of nitrogen functional groups attached to an aromatic ring is 1. The van der Waals surface area contributed by atoms with Crippen molar-refractivity contribution in [3.63, 3.8) is 0 Å². The first-order chi connectivity index (χ1) is 20.7. The summed E-state index contributed by atoms with van der Waals surface area (Å²) in [5.74, 6) is -1.25. The largest absolute Gasteiger partial charge is 0.472 e. The summed E-state index contributed by atoms with van der Waals surface area (Å²) < 4.78 is 58.3. The lowest BCUT2D eigenvalue weighted by Gasteiger charge is -2.30. The van der Waals surface area contributed by atoms with Crippen molar-refractivity contribution in [1.29, 1.82) is 0 Å². The number of hydrogen-bond acceptors (Lipinski definition) is 8. The highest BCUT2D eigenvalue weighted by Gasteiger charge is 2.49. The van der Waals surface area contributed by atoms with Gasteiger partial charge in [0.2, 0.25) is 11.6 Å². The lowest BCUT2D eigenvalue weighted by molar-refractivity contribution is 0.106. The second-order valence-corrected chi connectivity index (χ2v) is 13.1. The van der Waals surface area contributed by atoms with Gasteiger partial charge in [0.25, 0.3) is 0 Å². The van der Waals surface area contributed by atoms with Crippen LogP contribution in [0.1, 0.15) is 32.6 Å². The molecule has 3 N–H and O–H groups in total. The predicted molar refractivity (Wildman–Crippen MR) is 161 cm³/mol. The van der Waals surface area contributed by atoms with Crippen molar-refractivity contribution in [2.45, 2.75) is 56.5 Å². The molecule has 4 aromatic rings. The van der Waals surface area contributed by atoms with Gasteiger partial charge >= 0.3 is 6.01 Å². The normalized spacial score (nSPS) is 25.4. The second-order valence-electron chi connectivity index (χ2n) is 11.6. The fourth-order valence-corrected chi connectivity index (χ4v) is 8.06. The van der Waals surface area contributed by atoms with Gasteiger partial charge in [0.05, 0.1) is 32.2 Å². The first-order valence-corrected chi connectivity index (χ1v) is 15.4. The van der Waals surface area contributed by atoms with Crippen molar-refractivity contribution in [2.24, 2.45) is 0 Å². The molecule has 3 aliphatic rings. The van der Waals surface area contributed by atoms with E-state index >= 15 is 4.39 Å². The standard InChI is InChI=1S/C30H28ClF3N6O2S/c1-14-8-16(11-37-14)42-28-18-9-19(31)21(17-4-5-20(33)26-22(17)25(36-2)27(35)43-26)23(34)24(18)38-29(39-28)41-13-30-6-3-7-40(30)12-15(32)10-30/h4-5,9,14-16,37H,3,6-8,10-13,35H2,1H3. The third kappa shape index (κ3) is 4.73.